The number of nitrogens with zero attached hydrogens (tertiary/aromatic N) is 1. The van der Waals surface area contributed by atoms with Crippen LogP contribution in [-0.2, 0) is 20.9 Å². The zero-order valence-corrected chi connectivity index (χ0v) is 12.9. The predicted molar refractivity (Wildman–Crippen MR) is 80.9 cm³/mol. The molecule has 20 heavy (non-hydrogen) atoms. The number of benzene rings is 1. The van der Waals surface area contributed by atoms with E-state index in [0.29, 0.717) is 12.8 Å². The van der Waals surface area contributed by atoms with Crippen LogP contribution in [0.3, 0.4) is 0 Å². The number of rotatable bonds is 6. The fourth-order valence-corrected chi connectivity index (χ4v) is 2.42. The van der Waals surface area contributed by atoms with E-state index < -0.39 is 0 Å². The number of esters is 1. The summed E-state index contributed by atoms with van der Waals surface area (Å²) in [4.78, 5) is 24.8. The van der Waals surface area contributed by atoms with Crippen LogP contribution in [0.5, 0.6) is 0 Å². The summed E-state index contributed by atoms with van der Waals surface area (Å²) in [5.74, 6) is 0.00203. The van der Waals surface area contributed by atoms with Crippen molar-refractivity contribution in [3.05, 3.63) is 29.8 Å². The van der Waals surface area contributed by atoms with Crippen molar-refractivity contribution in [3.63, 3.8) is 0 Å². The fourth-order valence-electron chi connectivity index (χ4n) is 2.14. The Morgan fingerprint density at radius 2 is 2.05 bits per heavy atom. The van der Waals surface area contributed by atoms with Crippen molar-refractivity contribution >= 4 is 33.5 Å². The molecule has 0 saturated carbocycles. The summed E-state index contributed by atoms with van der Waals surface area (Å²) in [5.41, 5.74) is 1.86. The highest BCUT2D eigenvalue weighted by Crippen LogP contribution is 2.21. The van der Waals surface area contributed by atoms with Gasteiger partial charge in [0, 0.05) is 30.4 Å². The molecule has 0 spiro atoms. The average Bonchev–Trinajstić information content (AvgIpc) is 2.89. The summed E-state index contributed by atoms with van der Waals surface area (Å²) < 4.78 is 5.18. The molecular formula is C15H18BrNO3. The summed E-state index contributed by atoms with van der Waals surface area (Å²) in [6.07, 6.45) is 2.78. The van der Waals surface area contributed by atoms with Gasteiger partial charge in [-0.1, -0.05) is 28.1 Å². The number of hydrogen-bond donors (Lipinski definition) is 0. The molecule has 1 aromatic carbocycles. The van der Waals surface area contributed by atoms with Crippen molar-refractivity contribution in [1.29, 1.82) is 0 Å². The Kier molecular flexibility index (Phi) is 5.59. The smallest absolute Gasteiger partial charge is 0.306 e. The minimum absolute atomic E-state index is 0.178. The Balaban J connectivity index is 1.85. The van der Waals surface area contributed by atoms with E-state index in [1.165, 1.54) is 0 Å². The maximum absolute atomic E-state index is 11.6. The van der Waals surface area contributed by atoms with Gasteiger partial charge in [-0.15, -0.1) is 0 Å². The van der Waals surface area contributed by atoms with E-state index in [0.717, 1.165) is 36.0 Å². The van der Waals surface area contributed by atoms with Gasteiger partial charge in [-0.3, -0.25) is 9.59 Å². The first-order valence-corrected chi connectivity index (χ1v) is 7.94. The lowest BCUT2D eigenvalue weighted by Gasteiger charge is -2.15. The van der Waals surface area contributed by atoms with Crippen LogP contribution in [0.1, 0.15) is 31.2 Å². The highest BCUT2D eigenvalue weighted by molar-refractivity contribution is 9.09. The largest absolute Gasteiger partial charge is 0.461 e. The number of ether oxygens (including phenoxy) is 1. The van der Waals surface area contributed by atoms with E-state index in [1.54, 1.807) is 4.90 Å². The third-order valence-corrected chi connectivity index (χ3v) is 3.80. The van der Waals surface area contributed by atoms with Crippen molar-refractivity contribution in [3.8, 4) is 0 Å². The van der Waals surface area contributed by atoms with Gasteiger partial charge >= 0.3 is 5.97 Å². The van der Waals surface area contributed by atoms with Crippen LogP contribution in [0.2, 0.25) is 0 Å². The van der Waals surface area contributed by atoms with Gasteiger partial charge in [-0.05, 0) is 30.5 Å². The number of halogens is 1. The summed E-state index contributed by atoms with van der Waals surface area (Å²) >= 11 is 3.28. The quantitative estimate of drug-likeness (QED) is 0.591. The van der Waals surface area contributed by atoms with Crippen LogP contribution in [0.25, 0.3) is 0 Å². The molecule has 1 aromatic rings. The number of carbonyl (C=O) groups is 2. The van der Waals surface area contributed by atoms with E-state index in [-0.39, 0.29) is 18.5 Å². The van der Waals surface area contributed by atoms with Gasteiger partial charge < -0.3 is 9.64 Å². The first-order chi connectivity index (χ1) is 9.70. The van der Waals surface area contributed by atoms with Crippen molar-refractivity contribution in [2.45, 2.75) is 32.3 Å². The zero-order valence-electron chi connectivity index (χ0n) is 11.3. The highest BCUT2D eigenvalue weighted by Gasteiger charge is 2.21. The molecule has 2 rings (SSSR count). The molecule has 1 amide bonds. The van der Waals surface area contributed by atoms with Crippen molar-refractivity contribution in [1.82, 2.24) is 0 Å². The second kappa shape index (κ2) is 7.43. The first kappa shape index (κ1) is 15.0. The number of hydrogen-bond acceptors (Lipinski definition) is 3. The Labute approximate surface area is 127 Å². The molecule has 4 nitrogen and oxygen atoms in total. The highest BCUT2D eigenvalue weighted by atomic mass is 79.9. The molecule has 0 bridgehead atoms. The van der Waals surface area contributed by atoms with Crippen LogP contribution in [0.4, 0.5) is 5.69 Å². The van der Waals surface area contributed by atoms with Gasteiger partial charge in [0.15, 0.2) is 0 Å². The first-order valence-electron chi connectivity index (χ1n) is 6.81. The summed E-state index contributed by atoms with van der Waals surface area (Å²) in [7, 11) is 0. The summed E-state index contributed by atoms with van der Waals surface area (Å²) in [6, 6.07) is 7.62. The molecule has 0 N–H and O–H groups in total. The molecule has 1 saturated heterocycles. The SMILES string of the molecule is O=C(CCCBr)OCc1ccc(N2CCCC2=O)cc1. The molecule has 0 radical (unpaired) electrons. The van der Waals surface area contributed by atoms with Crippen molar-refractivity contribution in [2.24, 2.45) is 0 Å². The third kappa shape index (κ3) is 4.07. The standard InChI is InChI=1S/C15H18BrNO3/c16-9-1-4-15(19)20-11-12-5-7-13(8-6-12)17-10-2-3-14(17)18/h5-8H,1-4,9-11H2. The molecule has 1 heterocycles. The second-order valence-electron chi connectivity index (χ2n) is 4.77. The Hall–Kier alpha value is -1.36. The number of amides is 1. The maximum Gasteiger partial charge on any atom is 0.306 e. The molecule has 1 aliphatic rings. The molecule has 0 aromatic heterocycles. The molecule has 0 atom stereocenters. The molecule has 0 unspecified atom stereocenters. The Morgan fingerprint density at radius 1 is 1.30 bits per heavy atom. The minimum Gasteiger partial charge on any atom is -0.461 e. The average molecular weight is 340 g/mol. The lowest BCUT2D eigenvalue weighted by molar-refractivity contribution is -0.144. The van der Waals surface area contributed by atoms with Crippen LogP contribution in [-0.4, -0.2) is 23.8 Å². The van der Waals surface area contributed by atoms with Gasteiger partial charge in [0.25, 0.3) is 0 Å². The number of carbonyl (C=O) groups excluding carboxylic acids is 2. The van der Waals surface area contributed by atoms with E-state index in [2.05, 4.69) is 15.9 Å². The predicted octanol–water partition coefficient (Wildman–Crippen LogP) is 3.03. The topological polar surface area (TPSA) is 46.6 Å². The lowest BCUT2D eigenvalue weighted by atomic mass is 10.2. The molecular weight excluding hydrogens is 322 g/mol. The monoisotopic (exact) mass is 339 g/mol. The number of anilines is 1. The van der Waals surface area contributed by atoms with Gasteiger partial charge in [-0.2, -0.15) is 0 Å². The van der Waals surface area contributed by atoms with E-state index >= 15 is 0 Å². The molecule has 1 fully saturated rings. The maximum atomic E-state index is 11.6. The fraction of sp³-hybridized carbons (Fsp3) is 0.467. The van der Waals surface area contributed by atoms with Crippen molar-refractivity contribution < 1.29 is 14.3 Å². The van der Waals surface area contributed by atoms with Crippen LogP contribution >= 0.6 is 15.9 Å². The molecule has 5 heteroatoms. The normalized spacial score (nSPS) is 14.7. The Bertz CT molecular complexity index is 473. The van der Waals surface area contributed by atoms with Crippen LogP contribution < -0.4 is 4.90 Å². The molecule has 1 aliphatic heterocycles. The van der Waals surface area contributed by atoms with Crippen LogP contribution in [0.15, 0.2) is 24.3 Å². The molecule has 0 aliphatic carbocycles. The summed E-state index contributed by atoms with van der Waals surface area (Å²) in [5, 5.41) is 0.806. The third-order valence-electron chi connectivity index (χ3n) is 3.24. The molecule has 108 valence electrons. The van der Waals surface area contributed by atoms with Crippen LogP contribution in [0, 0.1) is 0 Å². The summed E-state index contributed by atoms with van der Waals surface area (Å²) in [6.45, 7) is 1.08. The van der Waals surface area contributed by atoms with E-state index in [1.807, 2.05) is 24.3 Å². The Morgan fingerprint density at radius 3 is 2.65 bits per heavy atom. The lowest BCUT2D eigenvalue weighted by Crippen LogP contribution is -2.23. The zero-order chi connectivity index (χ0) is 14.4. The second-order valence-corrected chi connectivity index (χ2v) is 5.56. The van der Waals surface area contributed by atoms with E-state index in [4.69, 9.17) is 4.74 Å². The van der Waals surface area contributed by atoms with Gasteiger partial charge in [0.2, 0.25) is 5.91 Å². The van der Waals surface area contributed by atoms with Gasteiger partial charge in [-0.25, -0.2) is 0 Å². The van der Waals surface area contributed by atoms with Gasteiger partial charge in [0.05, 0.1) is 0 Å². The van der Waals surface area contributed by atoms with Crippen molar-refractivity contribution in [2.75, 3.05) is 16.8 Å². The van der Waals surface area contributed by atoms with Gasteiger partial charge in [0.1, 0.15) is 6.61 Å². The van der Waals surface area contributed by atoms with E-state index in [9.17, 15) is 9.59 Å². The number of alkyl halides is 1. The minimum atomic E-state index is -0.178.